The van der Waals surface area contributed by atoms with Crippen LogP contribution in [0.4, 0.5) is 4.39 Å². The van der Waals surface area contributed by atoms with Crippen molar-refractivity contribution in [1.29, 1.82) is 0 Å². The average molecular weight is 274 g/mol. The van der Waals surface area contributed by atoms with Crippen LogP contribution in [0, 0.1) is 5.82 Å². The van der Waals surface area contributed by atoms with Crippen LogP contribution in [-0.4, -0.2) is 31.1 Å². The molecule has 0 aliphatic heterocycles. The molecular weight excluding hydrogens is 255 g/mol. The summed E-state index contributed by atoms with van der Waals surface area (Å²) in [6, 6.07) is 5.94. The maximum absolute atomic E-state index is 13.5. The smallest absolute Gasteiger partial charge is 0.215 e. The third-order valence-corrected chi connectivity index (χ3v) is 4.61. The summed E-state index contributed by atoms with van der Waals surface area (Å²) in [5.41, 5.74) is 5.66. The summed E-state index contributed by atoms with van der Waals surface area (Å²) in [6.45, 7) is 3.61. The quantitative estimate of drug-likeness (QED) is 0.851. The van der Waals surface area contributed by atoms with Crippen molar-refractivity contribution in [3.05, 3.63) is 35.6 Å². The van der Waals surface area contributed by atoms with Crippen LogP contribution in [0.15, 0.2) is 24.3 Å². The van der Waals surface area contributed by atoms with Crippen molar-refractivity contribution in [2.45, 2.75) is 26.4 Å². The highest BCUT2D eigenvalue weighted by Crippen LogP contribution is 2.16. The van der Waals surface area contributed by atoms with Crippen molar-refractivity contribution in [3.63, 3.8) is 0 Å². The van der Waals surface area contributed by atoms with Gasteiger partial charge in [-0.3, -0.25) is 0 Å². The lowest BCUT2D eigenvalue weighted by Crippen LogP contribution is -2.39. The predicted molar refractivity (Wildman–Crippen MR) is 69.9 cm³/mol. The van der Waals surface area contributed by atoms with Gasteiger partial charge < -0.3 is 5.73 Å². The van der Waals surface area contributed by atoms with Crippen LogP contribution in [0.3, 0.4) is 0 Å². The molecule has 1 aromatic rings. The van der Waals surface area contributed by atoms with Gasteiger partial charge in [0.05, 0.1) is 5.75 Å². The Morgan fingerprint density at radius 3 is 2.44 bits per heavy atom. The first kappa shape index (κ1) is 15.1. The normalized spacial score (nSPS) is 12.3. The van der Waals surface area contributed by atoms with Crippen LogP contribution in [0.1, 0.15) is 19.4 Å². The van der Waals surface area contributed by atoms with Gasteiger partial charge in [-0.05, 0) is 19.9 Å². The molecule has 0 saturated heterocycles. The number of nitrogens with zero attached hydrogens (tertiary/aromatic N) is 1. The Kier molecular flexibility index (Phi) is 5.25. The van der Waals surface area contributed by atoms with Gasteiger partial charge >= 0.3 is 0 Å². The Hall–Kier alpha value is -0.980. The summed E-state index contributed by atoms with van der Waals surface area (Å²) in [6.07, 6.45) is 0. The highest BCUT2D eigenvalue weighted by molar-refractivity contribution is 7.89. The van der Waals surface area contributed by atoms with E-state index in [1.54, 1.807) is 32.0 Å². The minimum atomic E-state index is -3.44. The summed E-state index contributed by atoms with van der Waals surface area (Å²) in [4.78, 5) is 0. The molecule has 0 radical (unpaired) electrons. The summed E-state index contributed by atoms with van der Waals surface area (Å²) in [5, 5.41) is 0. The van der Waals surface area contributed by atoms with Crippen LogP contribution in [0.5, 0.6) is 0 Å². The minimum absolute atomic E-state index is 0.0344. The first-order valence-corrected chi connectivity index (χ1v) is 7.42. The maximum atomic E-state index is 13.5. The lowest BCUT2D eigenvalue weighted by Gasteiger charge is -2.25. The topological polar surface area (TPSA) is 63.4 Å². The second-order valence-corrected chi connectivity index (χ2v) is 6.38. The van der Waals surface area contributed by atoms with E-state index in [0.717, 1.165) is 0 Å². The fraction of sp³-hybridized carbons (Fsp3) is 0.500. The molecular formula is C12H19FN2O2S. The highest BCUT2D eigenvalue weighted by atomic mass is 32.2. The van der Waals surface area contributed by atoms with Gasteiger partial charge in [0.1, 0.15) is 5.82 Å². The Labute approximate surface area is 108 Å². The van der Waals surface area contributed by atoms with E-state index in [2.05, 4.69) is 0 Å². The zero-order chi connectivity index (χ0) is 13.8. The van der Waals surface area contributed by atoms with Crippen LogP contribution in [0.25, 0.3) is 0 Å². The Bertz CT molecular complexity index is 489. The number of rotatable bonds is 6. The molecule has 4 nitrogen and oxygen atoms in total. The molecule has 0 aromatic heterocycles. The molecule has 0 aliphatic carbocycles. The number of nitrogens with two attached hydrogens (primary N) is 1. The predicted octanol–water partition coefficient (Wildman–Crippen LogP) is 1.32. The maximum Gasteiger partial charge on any atom is 0.215 e. The molecule has 0 bridgehead atoms. The molecule has 0 atom stereocenters. The molecule has 0 aliphatic rings. The Morgan fingerprint density at radius 2 is 1.94 bits per heavy atom. The van der Waals surface area contributed by atoms with Crippen LogP contribution in [0.2, 0.25) is 0 Å². The highest BCUT2D eigenvalue weighted by Gasteiger charge is 2.25. The summed E-state index contributed by atoms with van der Waals surface area (Å²) in [7, 11) is -3.44. The summed E-state index contributed by atoms with van der Waals surface area (Å²) >= 11 is 0. The monoisotopic (exact) mass is 274 g/mol. The molecule has 0 unspecified atom stereocenters. The summed E-state index contributed by atoms with van der Waals surface area (Å²) < 4.78 is 38.8. The fourth-order valence-electron chi connectivity index (χ4n) is 1.66. The molecule has 0 heterocycles. The molecule has 2 N–H and O–H groups in total. The molecule has 1 rings (SSSR count). The van der Waals surface area contributed by atoms with Crippen LogP contribution in [-0.2, 0) is 16.6 Å². The first-order chi connectivity index (χ1) is 8.38. The van der Waals surface area contributed by atoms with Crippen molar-refractivity contribution in [2.24, 2.45) is 5.73 Å². The third-order valence-electron chi connectivity index (χ3n) is 2.59. The van der Waals surface area contributed by atoms with E-state index in [9.17, 15) is 12.8 Å². The van der Waals surface area contributed by atoms with Crippen molar-refractivity contribution >= 4 is 10.0 Å². The number of benzene rings is 1. The molecule has 6 heteroatoms. The van der Waals surface area contributed by atoms with Gasteiger partial charge in [-0.25, -0.2) is 12.8 Å². The lowest BCUT2D eigenvalue weighted by atomic mass is 10.2. The van der Waals surface area contributed by atoms with E-state index in [0.29, 0.717) is 5.56 Å². The van der Waals surface area contributed by atoms with Crippen molar-refractivity contribution < 1.29 is 12.8 Å². The van der Waals surface area contributed by atoms with Gasteiger partial charge in [0.2, 0.25) is 10.0 Å². The Morgan fingerprint density at radius 1 is 1.33 bits per heavy atom. The third kappa shape index (κ3) is 3.76. The molecule has 0 amide bonds. The van der Waals surface area contributed by atoms with Gasteiger partial charge in [-0.1, -0.05) is 18.2 Å². The standard InChI is InChI=1S/C12H19FN2O2S/c1-10(2)15(18(16,17)8-7-14)9-11-5-3-4-6-12(11)13/h3-6,10H,7-9,14H2,1-2H3. The Balaban J connectivity index is 2.99. The molecule has 18 heavy (non-hydrogen) atoms. The summed E-state index contributed by atoms with van der Waals surface area (Å²) in [5.74, 6) is -0.522. The van der Waals surface area contributed by atoms with Gasteiger partial charge in [0, 0.05) is 24.7 Å². The zero-order valence-corrected chi connectivity index (χ0v) is 11.5. The van der Waals surface area contributed by atoms with E-state index < -0.39 is 15.8 Å². The van der Waals surface area contributed by atoms with Crippen molar-refractivity contribution in [1.82, 2.24) is 4.31 Å². The van der Waals surface area contributed by atoms with Gasteiger partial charge in [-0.2, -0.15) is 4.31 Å². The second-order valence-electron chi connectivity index (χ2n) is 4.34. The molecule has 0 spiro atoms. The zero-order valence-electron chi connectivity index (χ0n) is 10.6. The SMILES string of the molecule is CC(C)N(Cc1ccccc1F)S(=O)(=O)CCN. The molecule has 102 valence electrons. The number of hydrogen-bond acceptors (Lipinski definition) is 3. The first-order valence-electron chi connectivity index (χ1n) is 5.81. The number of sulfonamides is 1. The largest absolute Gasteiger partial charge is 0.329 e. The molecule has 0 saturated carbocycles. The van der Waals surface area contributed by atoms with E-state index in [-0.39, 0.29) is 24.9 Å². The molecule has 0 fully saturated rings. The minimum Gasteiger partial charge on any atom is -0.329 e. The number of hydrogen-bond donors (Lipinski definition) is 1. The van der Waals surface area contributed by atoms with Crippen molar-refractivity contribution in [2.75, 3.05) is 12.3 Å². The van der Waals surface area contributed by atoms with Crippen LogP contribution >= 0.6 is 0 Å². The van der Waals surface area contributed by atoms with E-state index in [4.69, 9.17) is 5.73 Å². The van der Waals surface area contributed by atoms with Gasteiger partial charge in [0.25, 0.3) is 0 Å². The lowest BCUT2D eigenvalue weighted by molar-refractivity contribution is 0.343. The van der Waals surface area contributed by atoms with Gasteiger partial charge in [-0.15, -0.1) is 0 Å². The number of halogens is 1. The average Bonchev–Trinajstić information content (AvgIpc) is 2.27. The second kappa shape index (κ2) is 6.26. The van der Waals surface area contributed by atoms with Crippen molar-refractivity contribution in [3.8, 4) is 0 Å². The van der Waals surface area contributed by atoms with Gasteiger partial charge in [0.15, 0.2) is 0 Å². The van der Waals surface area contributed by atoms with E-state index in [1.165, 1.54) is 10.4 Å². The molecule has 1 aromatic carbocycles. The van der Waals surface area contributed by atoms with E-state index >= 15 is 0 Å². The van der Waals surface area contributed by atoms with Crippen LogP contribution < -0.4 is 5.73 Å². The van der Waals surface area contributed by atoms with E-state index in [1.807, 2.05) is 0 Å². The fourth-order valence-corrected chi connectivity index (χ4v) is 3.17.